The summed E-state index contributed by atoms with van der Waals surface area (Å²) >= 11 is 0. The molecule has 2 aliphatic heterocycles. The van der Waals surface area contributed by atoms with Crippen LogP contribution in [0.2, 0.25) is 0 Å². The fourth-order valence-corrected chi connectivity index (χ4v) is 4.11. The predicted octanol–water partition coefficient (Wildman–Crippen LogP) is 0.840. The van der Waals surface area contributed by atoms with Crippen LogP contribution in [0, 0.1) is 5.41 Å². The van der Waals surface area contributed by atoms with Gasteiger partial charge in [0.15, 0.2) is 0 Å². The lowest BCUT2D eigenvalue weighted by Crippen LogP contribution is -2.52. The van der Waals surface area contributed by atoms with Crippen LogP contribution < -0.4 is 4.72 Å². The van der Waals surface area contributed by atoms with Crippen LogP contribution in [0.4, 0.5) is 0 Å². The van der Waals surface area contributed by atoms with E-state index in [4.69, 9.17) is 9.15 Å². The number of hydrogen-bond donors (Lipinski definition) is 1. The van der Waals surface area contributed by atoms with Crippen molar-refractivity contribution in [2.24, 2.45) is 5.41 Å². The van der Waals surface area contributed by atoms with Crippen LogP contribution in [0.1, 0.15) is 29.6 Å². The molecule has 8 heteroatoms. The Morgan fingerprint density at radius 3 is 3.04 bits per heavy atom. The molecule has 0 aromatic carbocycles. The Morgan fingerprint density at radius 1 is 1.52 bits per heavy atom. The first kappa shape index (κ1) is 16.5. The molecular formula is C15H22N2O5S. The molecule has 0 spiro atoms. The third-order valence-electron chi connectivity index (χ3n) is 4.81. The molecule has 3 heterocycles. The predicted molar refractivity (Wildman–Crippen MR) is 83.5 cm³/mol. The van der Waals surface area contributed by atoms with Gasteiger partial charge in [0.25, 0.3) is 5.91 Å². The van der Waals surface area contributed by atoms with Gasteiger partial charge in [0.1, 0.15) is 6.26 Å². The maximum absolute atomic E-state index is 12.5. The fourth-order valence-electron chi connectivity index (χ4n) is 3.64. The van der Waals surface area contributed by atoms with Crippen molar-refractivity contribution in [2.45, 2.75) is 25.4 Å². The normalized spacial score (nSPS) is 27.9. The lowest BCUT2D eigenvalue weighted by atomic mass is 9.74. The van der Waals surface area contributed by atoms with Gasteiger partial charge in [0.05, 0.1) is 24.2 Å². The Balaban J connectivity index is 1.70. The van der Waals surface area contributed by atoms with Crippen LogP contribution in [-0.2, 0) is 14.8 Å². The molecule has 1 aromatic heterocycles. The monoisotopic (exact) mass is 342 g/mol. The minimum absolute atomic E-state index is 0.0421. The molecule has 0 unspecified atom stereocenters. The number of furan rings is 1. The van der Waals surface area contributed by atoms with Gasteiger partial charge in [-0.05, 0) is 25.3 Å². The number of amides is 1. The zero-order valence-corrected chi connectivity index (χ0v) is 14.0. The minimum Gasteiger partial charge on any atom is -0.472 e. The molecule has 23 heavy (non-hydrogen) atoms. The molecule has 1 N–H and O–H groups in total. The van der Waals surface area contributed by atoms with E-state index in [0.717, 1.165) is 19.1 Å². The molecule has 0 bridgehead atoms. The van der Waals surface area contributed by atoms with Gasteiger partial charge in [0, 0.05) is 31.7 Å². The summed E-state index contributed by atoms with van der Waals surface area (Å²) in [6.45, 7) is 2.27. The van der Waals surface area contributed by atoms with Gasteiger partial charge in [-0.1, -0.05) is 0 Å². The molecule has 7 nitrogen and oxygen atoms in total. The van der Waals surface area contributed by atoms with Gasteiger partial charge in [-0.25, -0.2) is 13.1 Å². The van der Waals surface area contributed by atoms with E-state index in [1.807, 2.05) is 4.90 Å². The summed E-state index contributed by atoms with van der Waals surface area (Å²) < 4.78 is 35.9. The molecule has 3 rings (SSSR count). The quantitative estimate of drug-likeness (QED) is 0.856. The summed E-state index contributed by atoms with van der Waals surface area (Å²) in [5.41, 5.74) is 0.377. The number of carbonyl (C=O) groups excluding carboxylic acids is 1. The van der Waals surface area contributed by atoms with Crippen LogP contribution in [0.25, 0.3) is 0 Å². The minimum atomic E-state index is -3.21. The van der Waals surface area contributed by atoms with E-state index in [2.05, 4.69) is 4.72 Å². The van der Waals surface area contributed by atoms with E-state index in [1.54, 1.807) is 6.07 Å². The highest BCUT2D eigenvalue weighted by Gasteiger charge is 2.48. The number of hydrogen-bond acceptors (Lipinski definition) is 5. The maximum atomic E-state index is 12.5. The summed E-state index contributed by atoms with van der Waals surface area (Å²) in [4.78, 5) is 14.4. The van der Waals surface area contributed by atoms with Crippen molar-refractivity contribution in [3.63, 3.8) is 0 Å². The maximum Gasteiger partial charge on any atom is 0.257 e. The van der Waals surface area contributed by atoms with Crippen molar-refractivity contribution >= 4 is 15.9 Å². The largest absolute Gasteiger partial charge is 0.472 e. The third kappa shape index (κ3) is 3.59. The standard InChI is InChI=1S/C15H22N2O5S/c1-23(19,20)16-6-4-15-5-9-22-13(15)2-7-17(11-15)14(18)12-3-8-21-10-12/h3,8,10,13,16H,2,4-7,9,11H2,1H3/t13-,15+/m0/s1. The van der Waals surface area contributed by atoms with Crippen LogP contribution in [-0.4, -0.2) is 57.8 Å². The number of carbonyl (C=O) groups is 1. The SMILES string of the molecule is CS(=O)(=O)NCC[C@]12CCO[C@H]1CCN(C(=O)c1ccoc1)C2. The third-order valence-corrected chi connectivity index (χ3v) is 5.54. The van der Waals surface area contributed by atoms with E-state index in [9.17, 15) is 13.2 Å². The Bertz CT molecular complexity index is 657. The number of likely N-dealkylation sites (tertiary alicyclic amines) is 1. The molecule has 0 saturated carbocycles. The molecule has 2 aliphatic rings. The van der Waals surface area contributed by atoms with Crippen molar-refractivity contribution in [1.29, 1.82) is 0 Å². The second kappa shape index (κ2) is 6.26. The van der Waals surface area contributed by atoms with Gasteiger partial charge in [-0.15, -0.1) is 0 Å². The molecule has 1 aromatic rings. The summed E-state index contributed by atoms with van der Waals surface area (Å²) in [5, 5.41) is 0. The average Bonchev–Trinajstić information content (AvgIpc) is 3.14. The van der Waals surface area contributed by atoms with E-state index in [0.29, 0.717) is 38.2 Å². The van der Waals surface area contributed by atoms with Gasteiger partial charge < -0.3 is 14.1 Å². The highest BCUT2D eigenvalue weighted by molar-refractivity contribution is 7.88. The Hall–Kier alpha value is -1.38. The second-order valence-corrected chi connectivity index (χ2v) is 8.25. The molecule has 2 fully saturated rings. The fraction of sp³-hybridized carbons (Fsp3) is 0.667. The lowest BCUT2D eigenvalue weighted by molar-refractivity contribution is -0.0158. The first-order valence-electron chi connectivity index (χ1n) is 7.77. The Kier molecular flexibility index (Phi) is 4.48. The molecular weight excluding hydrogens is 320 g/mol. The van der Waals surface area contributed by atoms with Crippen molar-refractivity contribution in [3.05, 3.63) is 24.2 Å². The zero-order chi connectivity index (χ0) is 16.5. The second-order valence-electron chi connectivity index (χ2n) is 6.42. The smallest absolute Gasteiger partial charge is 0.257 e. The van der Waals surface area contributed by atoms with Gasteiger partial charge in [-0.2, -0.15) is 0 Å². The molecule has 1 amide bonds. The summed E-state index contributed by atoms with van der Waals surface area (Å²) in [7, 11) is -3.21. The van der Waals surface area contributed by atoms with Gasteiger partial charge >= 0.3 is 0 Å². The van der Waals surface area contributed by atoms with Gasteiger partial charge in [-0.3, -0.25) is 4.79 Å². The van der Waals surface area contributed by atoms with E-state index in [1.165, 1.54) is 12.5 Å². The molecule has 0 aliphatic carbocycles. The molecule has 2 saturated heterocycles. The summed E-state index contributed by atoms with van der Waals surface area (Å²) in [5.74, 6) is -0.0421. The first-order chi connectivity index (χ1) is 10.9. The van der Waals surface area contributed by atoms with Crippen molar-refractivity contribution in [1.82, 2.24) is 9.62 Å². The van der Waals surface area contributed by atoms with E-state index >= 15 is 0 Å². The number of sulfonamides is 1. The van der Waals surface area contributed by atoms with Crippen molar-refractivity contribution in [2.75, 3.05) is 32.5 Å². The van der Waals surface area contributed by atoms with Crippen LogP contribution >= 0.6 is 0 Å². The number of fused-ring (bicyclic) bond motifs is 1. The van der Waals surface area contributed by atoms with Crippen LogP contribution in [0.5, 0.6) is 0 Å². The zero-order valence-electron chi connectivity index (χ0n) is 13.2. The van der Waals surface area contributed by atoms with E-state index < -0.39 is 10.0 Å². The topological polar surface area (TPSA) is 88.9 Å². The molecule has 0 radical (unpaired) electrons. The summed E-state index contributed by atoms with van der Waals surface area (Å²) in [6.07, 6.45) is 6.49. The first-order valence-corrected chi connectivity index (χ1v) is 9.66. The molecule has 2 atom stereocenters. The van der Waals surface area contributed by atoms with Crippen molar-refractivity contribution in [3.8, 4) is 0 Å². The number of nitrogens with zero attached hydrogens (tertiary/aromatic N) is 1. The van der Waals surface area contributed by atoms with E-state index in [-0.39, 0.29) is 17.4 Å². The average molecular weight is 342 g/mol. The number of piperidine rings is 1. The Labute approximate surface area is 136 Å². The number of nitrogens with one attached hydrogen (secondary N) is 1. The van der Waals surface area contributed by atoms with Crippen LogP contribution in [0.3, 0.4) is 0 Å². The Morgan fingerprint density at radius 2 is 2.35 bits per heavy atom. The number of rotatable bonds is 5. The highest BCUT2D eigenvalue weighted by Crippen LogP contribution is 2.43. The lowest BCUT2D eigenvalue weighted by Gasteiger charge is -2.43. The highest BCUT2D eigenvalue weighted by atomic mass is 32.2. The van der Waals surface area contributed by atoms with Gasteiger partial charge in [0.2, 0.25) is 10.0 Å². The molecule has 128 valence electrons. The number of ether oxygens (including phenoxy) is 1. The van der Waals surface area contributed by atoms with Crippen LogP contribution in [0.15, 0.2) is 23.0 Å². The summed E-state index contributed by atoms with van der Waals surface area (Å²) in [6, 6.07) is 1.66. The van der Waals surface area contributed by atoms with Crippen molar-refractivity contribution < 1.29 is 22.4 Å².